The Hall–Kier alpha value is -2.71. The molecule has 3 rings (SSSR count). The third-order valence-corrected chi connectivity index (χ3v) is 6.86. The quantitative estimate of drug-likeness (QED) is 0.631. The van der Waals surface area contributed by atoms with E-state index in [0.717, 1.165) is 17.1 Å². The van der Waals surface area contributed by atoms with Crippen molar-refractivity contribution < 1.29 is 18.0 Å². The van der Waals surface area contributed by atoms with Gasteiger partial charge in [-0.2, -0.15) is 4.31 Å². The molecular formula is C22H27N3O4S. The third kappa shape index (κ3) is 5.46. The Kier molecular flexibility index (Phi) is 7.23. The van der Waals surface area contributed by atoms with E-state index >= 15 is 0 Å². The van der Waals surface area contributed by atoms with E-state index in [-0.39, 0.29) is 41.9 Å². The summed E-state index contributed by atoms with van der Waals surface area (Å²) in [5.41, 5.74) is 2.12. The summed E-state index contributed by atoms with van der Waals surface area (Å²) in [6, 6.07) is 13.6. The van der Waals surface area contributed by atoms with Crippen molar-refractivity contribution >= 4 is 27.5 Å². The SMILES string of the molecule is CCCCCc1ccc(NC(=O)c2cccc(S(=O)(=O)N3CCNC(=O)C3)c2)cc1. The summed E-state index contributed by atoms with van der Waals surface area (Å²) < 4.78 is 26.8. The van der Waals surface area contributed by atoms with Gasteiger partial charge in [0, 0.05) is 24.3 Å². The summed E-state index contributed by atoms with van der Waals surface area (Å²) in [7, 11) is -3.85. The molecule has 2 amide bonds. The molecule has 0 saturated carbocycles. The fourth-order valence-corrected chi connectivity index (χ4v) is 4.75. The lowest BCUT2D eigenvalue weighted by atomic mass is 10.1. The van der Waals surface area contributed by atoms with Gasteiger partial charge in [0.15, 0.2) is 0 Å². The first-order chi connectivity index (χ1) is 14.4. The molecule has 2 aromatic carbocycles. The van der Waals surface area contributed by atoms with Crippen LogP contribution >= 0.6 is 0 Å². The van der Waals surface area contributed by atoms with Crippen LogP contribution in [0.25, 0.3) is 0 Å². The molecule has 0 bridgehead atoms. The Balaban J connectivity index is 1.69. The van der Waals surface area contributed by atoms with Crippen LogP contribution in [0, 0.1) is 0 Å². The summed E-state index contributed by atoms with van der Waals surface area (Å²) in [4.78, 5) is 24.2. The zero-order valence-corrected chi connectivity index (χ0v) is 17.9. The van der Waals surface area contributed by atoms with E-state index < -0.39 is 10.0 Å². The zero-order chi connectivity index (χ0) is 21.6. The van der Waals surface area contributed by atoms with E-state index in [1.54, 1.807) is 6.07 Å². The molecule has 1 aliphatic heterocycles. The Morgan fingerprint density at radius 3 is 2.60 bits per heavy atom. The van der Waals surface area contributed by atoms with Crippen molar-refractivity contribution in [1.29, 1.82) is 0 Å². The van der Waals surface area contributed by atoms with Crippen LogP contribution in [0.1, 0.15) is 42.1 Å². The first-order valence-electron chi connectivity index (χ1n) is 10.2. The van der Waals surface area contributed by atoms with Gasteiger partial charge in [-0.15, -0.1) is 0 Å². The minimum Gasteiger partial charge on any atom is -0.354 e. The maximum atomic E-state index is 12.8. The van der Waals surface area contributed by atoms with E-state index in [0.29, 0.717) is 5.69 Å². The first kappa shape index (κ1) is 22.0. The highest BCUT2D eigenvalue weighted by molar-refractivity contribution is 7.89. The van der Waals surface area contributed by atoms with Crippen LogP contribution in [0.3, 0.4) is 0 Å². The van der Waals surface area contributed by atoms with E-state index in [1.165, 1.54) is 36.6 Å². The lowest BCUT2D eigenvalue weighted by molar-refractivity contribution is -0.122. The molecule has 0 aromatic heterocycles. The molecule has 30 heavy (non-hydrogen) atoms. The second-order valence-corrected chi connectivity index (χ2v) is 9.26. The topological polar surface area (TPSA) is 95.6 Å². The molecule has 1 aliphatic rings. The maximum absolute atomic E-state index is 12.8. The average molecular weight is 430 g/mol. The van der Waals surface area contributed by atoms with Gasteiger partial charge in [0.1, 0.15) is 0 Å². The van der Waals surface area contributed by atoms with Crippen LogP contribution in [0.5, 0.6) is 0 Å². The fraction of sp³-hybridized carbons (Fsp3) is 0.364. The van der Waals surface area contributed by atoms with Crippen molar-refractivity contribution in [3.8, 4) is 0 Å². The van der Waals surface area contributed by atoms with Crippen molar-refractivity contribution in [2.45, 2.75) is 37.5 Å². The number of piperazine rings is 1. The monoisotopic (exact) mass is 429 g/mol. The van der Waals surface area contributed by atoms with Gasteiger partial charge in [-0.05, 0) is 48.7 Å². The van der Waals surface area contributed by atoms with Crippen LogP contribution < -0.4 is 10.6 Å². The van der Waals surface area contributed by atoms with Gasteiger partial charge in [0.2, 0.25) is 15.9 Å². The Morgan fingerprint density at radius 2 is 1.90 bits per heavy atom. The van der Waals surface area contributed by atoms with Gasteiger partial charge in [0.25, 0.3) is 5.91 Å². The number of anilines is 1. The van der Waals surface area contributed by atoms with Gasteiger partial charge in [-0.1, -0.05) is 38.0 Å². The minimum absolute atomic E-state index is 0.00359. The standard InChI is InChI=1S/C22H27N3O4S/c1-2-3-4-6-17-9-11-19(12-10-17)24-22(27)18-7-5-8-20(15-18)30(28,29)25-14-13-23-21(26)16-25/h5,7-12,15H,2-4,6,13-14,16H2,1H3,(H,23,26)(H,24,27). The second kappa shape index (κ2) is 9.86. The molecule has 0 unspecified atom stereocenters. The molecular weight excluding hydrogens is 402 g/mol. The number of carbonyl (C=O) groups is 2. The molecule has 2 N–H and O–H groups in total. The molecule has 7 nitrogen and oxygen atoms in total. The van der Waals surface area contributed by atoms with Crippen molar-refractivity contribution in [1.82, 2.24) is 9.62 Å². The predicted molar refractivity (Wildman–Crippen MR) is 116 cm³/mol. The van der Waals surface area contributed by atoms with Crippen LogP contribution in [-0.2, 0) is 21.2 Å². The molecule has 160 valence electrons. The van der Waals surface area contributed by atoms with Crippen LogP contribution in [-0.4, -0.2) is 44.2 Å². The van der Waals surface area contributed by atoms with Crippen molar-refractivity contribution in [2.24, 2.45) is 0 Å². The molecule has 0 radical (unpaired) electrons. The van der Waals surface area contributed by atoms with Crippen LogP contribution in [0.15, 0.2) is 53.4 Å². The average Bonchev–Trinajstić information content (AvgIpc) is 2.75. The number of unbranched alkanes of at least 4 members (excludes halogenated alkanes) is 2. The number of rotatable bonds is 8. The van der Waals surface area contributed by atoms with Gasteiger partial charge in [-0.25, -0.2) is 8.42 Å². The van der Waals surface area contributed by atoms with Crippen molar-refractivity contribution in [2.75, 3.05) is 25.0 Å². The zero-order valence-electron chi connectivity index (χ0n) is 17.1. The maximum Gasteiger partial charge on any atom is 0.255 e. The summed E-state index contributed by atoms with van der Waals surface area (Å²) in [5, 5.41) is 5.41. The summed E-state index contributed by atoms with van der Waals surface area (Å²) in [6.07, 6.45) is 4.52. The van der Waals surface area contributed by atoms with Crippen LogP contribution in [0.2, 0.25) is 0 Å². The normalized spacial score (nSPS) is 14.9. The summed E-state index contributed by atoms with van der Waals surface area (Å²) in [6.45, 7) is 2.42. The predicted octanol–water partition coefficient (Wildman–Crippen LogP) is 2.79. The lowest BCUT2D eigenvalue weighted by Crippen LogP contribution is -2.49. The molecule has 0 aliphatic carbocycles. The third-order valence-electron chi connectivity index (χ3n) is 5.02. The molecule has 1 saturated heterocycles. The number of hydrogen-bond donors (Lipinski definition) is 2. The van der Waals surface area contributed by atoms with Gasteiger partial charge in [-0.3, -0.25) is 9.59 Å². The largest absolute Gasteiger partial charge is 0.354 e. The highest BCUT2D eigenvalue weighted by Gasteiger charge is 2.29. The number of carbonyl (C=O) groups excluding carboxylic acids is 2. The smallest absolute Gasteiger partial charge is 0.255 e. The number of aryl methyl sites for hydroxylation is 1. The molecule has 0 spiro atoms. The number of hydrogen-bond acceptors (Lipinski definition) is 4. The fourth-order valence-electron chi connectivity index (χ4n) is 3.30. The Morgan fingerprint density at radius 1 is 1.13 bits per heavy atom. The van der Waals surface area contributed by atoms with Crippen molar-refractivity contribution in [3.63, 3.8) is 0 Å². The molecule has 8 heteroatoms. The van der Waals surface area contributed by atoms with Gasteiger partial charge >= 0.3 is 0 Å². The number of nitrogens with one attached hydrogen (secondary N) is 2. The summed E-state index contributed by atoms with van der Waals surface area (Å²) in [5.74, 6) is -0.723. The molecule has 2 aromatic rings. The summed E-state index contributed by atoms with van der Waals surface area (Å²) >= 11 is 0. The molecule has 0 atom stereocenters. The Bertz CT molecular complexity index is 1000. The van der Waals surface area contributed by atoms with Gasteiger partial charge in [0.05, 0.1) is 11.4 Å². The highest BCUT2D eigenvalue weighted by atomic mass is 32.2. The molecule has 1 heterocycles. The van der Waals surface area contributed by atoms with E-state index in [9.17, 15) is 18.0 Å². The highest BCUT2D eigenvalue weighted by Crippen LogP contribution is 2.19. The first-order valence-corrected chi connectivity index (χ1v) is 11.6. The van der Waals surface area contributed by atoms with E-state index in [1.807, 2.05) is 24.3 Å². The van der Waals surface area contributed by atoms with E-state index in [4.69, 9.17) is 0 Å². The minimum atomic E-state index is -3.85. The number of nitrogens with zero attached hydrogens (tertiary/aromatic N) is 1. The lowest BCUT2D eigenvalue weighted by Gasteiger charge is -2.26. The Labute approximate surface area is 177 Å². The van der Waals surface area contributed by atoms with E-state index in [2.05, 4.69) is 17.6 Å². The van der Waals surface area contributed by atoms with Crippen LogP contribution in [0.4, 0.5) is 5.69 Å². The van der Waals surface area contributed by atoms with Crippen molar-refractivity contribution in [3.05, 3.63) is 59.7 Å². The number of benzene rings is 2. The number of sulfonamides is 1. The molecule has 1 fully saturated rings. The number of amides is 2. The second-order valence-electron chi connectivity index (χ2n) is 7.32. The van der Waals surface area contributed by atoms with Gasteiger partial charge < -0.3 is 10.6 Å².